The number of ether oxygens (including phenoxy) is 1. The zero-order valence-electron chi connectivity index (χ0n) is 13.8. The molecule has 1 aromatic rings. The second-order valence-corrected chi connectivity index (χ2v) is 6.74. The summed E-state index contributed by atoms with van der Waals surface area (Å²) >= 11 is 0. The molecule has 1 aromatic carbocycles. The second-order valence-electron chi connectivity index (χ2n) is 6.74. The van der Waals surface area contributed by atoms with Crippen molar-refractivity contribution in [2.45, 2.75) is 50.6 Å². The minimum Gasteiger partial charge on any atom is -0.493 e. The van der Waals surface area contributed by atoms with Crippen molar-refractivity contribution in [3.05, 3.63) is 29.6 Å². The minimum absolute atomic E-state index is 0.155. The van der Waals surface area contributed by atoms with Gasteiger partial charge in [0.15, 0.2) is 0 Å². The van der Waals surface area contributed by atoms with Crippen molar-refractivity contribution in [1.29, 1.82) is 0 Å². The third kappa shape index (κ3) is 4.17. The van der Waals surface area contributed by atoms with Crippen LogP contribution < -0.4 is 15.4 Å². The number of amides is 2. The van der Waals surface area contributed by atoms with Crippen LogP contribution in [-0.2, 0) is 0 Å². The third-order valence-corrected chi connectivity index (χ3v) is 4.99. The molecule has 1 aliphatic heterocycles. The van der Waals surface area contributed by atoms with Gasteiger partial charge in [-0.15, -0.1) is 0 Å². The molecule has 0 aromatic heterocycles. The van der Waals surface area contributed by atoms with Crippen molar-refractivity contribution in [3.8, 4) is 5.75 Å². The Balaban J connectivity index is 1.58. The summed E-state index contributed by atoms with van der Waals surface area (Å²) in [6.45, 7) is 0.760. The van der Waals surface area contributed by atoms with E-state index in [0.29, 0.717) is 18.3 Å². The molecule has 6 heteroatoms. The van der Waals surface area contributed by atoms with E-state index in [4.69, 9.17) is 4.74 Å². The molecule has 0 saturated heterocycles. The maximum Gasteiger partial charge on any atom is 0.315 e. The normalized spacial score (nSPS) is 26.7. The maximum atomic E-state index is 13.4. The van der Waals surface area contributed by atoms with Crippen LogP contribution in [0.5, 0.6) is 5.75 Å². The molecule has 3 rings (SSSR count). The number of nitrogens with one attached hydrogen (secondary N) is 2. The van der Waals surface area contributed by atoms with Crippen molar-refractivity contribution in [2.24, 2.45) is 5.92 Å². The van der Waals surface area contributed by atoms with Crippen LogP contribution in [0.2, 0.25) is 0 Å². The number of urea groups is 1. The quantitative estimate of drug-likeness (QED) is 0.795. The van der Waals surface area contributed by atoms with Crippen LogP contribution in [0, 0.1) is 11.7 Å². The molecule has 1 heterocycles. The molecule has 1 atom stereocenters. The van der Waals surface area contributed by atoms with Crippen LogP contribution in [0.15, 0.2) is 18.2 Å². The van der Waals surface area contributed by atoms with Gasteiger partial charge in [0.25, 0.3) is 0 Å². The molecule has 0 radical (unpaired) electrons. The van der Waals surface area contributed by atoms with Crippen LogP contribution >= 0.6 is 0 Å². The van der Waals surface area contributed by atoms with Crippen LogP contribution in [0.3, 0.4) is 0 Å². The van der Waals surface area contributed by atoms with E-state index in [9.17, 15) is 14.3 Å². The first-order chi connectivity index (χ1) is 11.7. The standard InChI is InChI=1S/C18H25FN2O3/c19-13-5-8-15-16(2-1-9-24-17(15)10-13)21-18(23)20-14-6-3-12(11-22)4-7-14/h5,8,10,12,14,16,22H,1-4,6-7,9,11H2,(H2,20,21,23). The van der Waals surface area contributed by atoms with Gasteiger partial charge in [0, 0.05) is 24.3 Å². The number of hydrogen-bond donors (Lipinski definition) is 3. The Bertz CT molecular complexity index is 573. The summed E-state index contributed by atoms with van der Waals surface area (Å²) in [7, 11) is 0. The highest BCUT2D eigenvalue weighted by Crippen LogP contribution is 2.32. The molecule has 24 heavy (non-hydrogen) atoms. The number of fused-ring (bicyclic) bond motifs is 1. The lowest BCUT2D eigenvalue weighted by Crippen LogP contribution is -2.45. The summed E-state index contributed by atoms with van der Waals surface area (Å²) in [6.07, 6.45) is 5.26. The number of hydrogen-bond acceptors (Lipinski definition) is 3. The highest BCUT2D eigenvalue weighted by Gasteiger charge is 2.25. The molecule has 3 N–H and O–H groups in total. The smallest absolute Gasteiger partial charge is 0.315 e. The molecule has 1 fully saturated rings. The summed E-state index contributed by atoms with van der Waals surface area (Å²) in [5, 5.41) is 15.2. The first-order valence-corrected chi connectivity index (χ1v) is 8.76. The predicted molar refractivity (Wildman–Crippen MR) is 88.4 cm³/mol. The first kappa shape index (κ1) is 17.0. The highest BCUT2D eigenvalue weighted by atomic mass is 19.1. The molecule has 132 valence electrons. The number of carbonyl (C=O) groups is 1. The Morgan fingerprint density at radius 3 is 2.75 bits per heavy atom. The Morgan fingerprint density at radius 1 is 1.21 bits per heavy atom. The van der Waals surface area contributed by atoms with Crippen molar-refractivity contribution in [2.75, 3.05) is 13.2 Å². The van der Waals surface area contributed by atoms with E-state index < -0.39 is 0 Å². The van der Waals surface area contributed by atoms with Crippen LogP contribution in [0.4, 0.5) is 9.18 Å². The average molecular weight is 336 g/mol. The van der Waals surface area contributed by atoms with Gasteiger partial charge in [-0.2, -0.15) is 0 Å². The Morgan fingerprint density at radius 2 is 2.00 bits per heavy atom. The van der Waals surface area contributed by atoms with E-state index in [0.717, 1.165) is 44.1 Å². The van der Waals surface area contributed by atoms with Gasteiger partial charge < -0.3 is 20.5 Å². The van der Waals surface area contributed by atoms with Crippen molar-refractivity contribution in [1.82, 2.24) is 10.6 Å². The zero-order valence-corrected chi connectivity index (χ0v) is 13.8. The number of rotatable bonds is 3. The number of aliphatic hydroxyl groups excluding tert-OH is 1. The summed E-state index contributed by atoms with van der Waals surface area (Å²) < 4.78 is 19.0. The molecular formula is C18H25FN2O3. The number of halogens is 1. The fourth-order valence-electron chi connectivity index (χ4n) is 3.57. The molecule has 1 aliphatic carbocycles. The lowest BCUT2D eigenvalue weighted by Gasteiger charge is -2.29. The van der Waals surface area contributed by atoms with E-state index >= 15 is 0 Å². The molecule has 0 spiro atoms. The third-order valence-electron chi connectivity index (χ3n) is 4.99. The molecule has 0 bridgehead atoms. The van der Waals surface area contributed by atoms with Gasteiger partial charge in [0.2, 0.25) is 0 Å². The number of aliphatic hydroxyl groups is 1. The van der Waals surface area contributed by atoms with Gasteiger partial charge in [0.1, 0.15) is 11.6 Å². The maximum absolute atomic E-state index is 13.4. The number of carbonyl (C=O) groups excluding carboxylic acids is 1. The Kier molecular flexibility index (Phi) is 5.56. The van der Waals surface area contributed by atoms with Gasteiger partial charge in [-0.05, 0) is 50.5 Å². The van der Waals surface area contributed by atoms with Gasteiger partial charge >= 0.3 is 6.03 Å². The average Bonchev–Trinajstić information content (AvgIpc) is 2.77. The summed E-state index contributed by atoms with van der Waals surface area (Å²) in [5.41, 5.74) is 0.827. The summed E-state index contributed by atoms with van der Waals surface area (Å²) in [5.74, 6) is 0.549. The van der Waals surface area contributed by atoms with Gasteiger partial charge in [-0.1, -0.05) is 6.07 Å². The molecule has 2 amide bonds. The van der Waals surface area contributed by atoms with E-state index in [2.05, 4.69) is 10.6 Å². The van der Waals surface area contributed by atoms with Crippen LogP contribution in [0.25, 0.3) is 0 Å². The molecule has 2 aliphatic rings. The largest absolute Gasteiger partial charge is 0.493 e. The second kappa shape index (κ2) is 7.83. The van der Waals surface area contributed by atoms with E-state index in [-0.39, 0.29) is 30.5 Å². The van der Waals surface area contributed by atoms with Crippen molar-refractivity contribution in [3.63, 3.8) is 0 Å². The fourth-order valence-corrected chi connectivity index (χ4v) is 3.57. The molecule has 1 unspecified atom stereocenters. The highest BCUT2D eigenvalue weighted by molar-refractivity contribution is 5.75. The van der Waals surface area contributed by atoms with Gasteiger partial charge in [-0.25, -0.2) is 9.18 Å². The summed E-state index contributed by atoms with van der Waals surface area (Å²) in [6, 6.07) is 4.26. The van der Waals surface area contributed by atoms with E-state index in [1.807, 2.05) is 0 Å². The first-order valence-electron chi connectivity index (χ1n) is 8.76. The van der Waals surface area contributed by atoms with Gasteiger partial charge in [0.05, 0.1) is 12.6 Å². The summed E-state index contributed by atoms with van der Waals surface area (Å²) in [4.78, 5) is 12.3. The van der Waals surface area contributed by atoms with Crippen molar-refractivity contribution >= 4 is 6.03 Å². The molecule has 1 saturated carbocycles. The van der Waals surface area contributed by atoms with E-state index in [1.165, 1.54) is 12.1 Å². The molecule has 5 nitrogen and oxygen atoms in total. The monoisotopic (exact) mass is 336 g/mol. The number of benzene rings is 1. The van der Waals surface area contributed by atoms with Crippen LogP contribution in [-0.4, -0.2) is 30.4 Å². The molecular weight excluding hydrogens is 311 g/mol. The lowest BCUT2D eigenvalue weighted by molar-refractivity contribution is 0.174. The predicted octanol–water partition coefficient (Wildman–Crippen LogP) is 2.89. The topological polar surface area (TPSA) is 70.6 Å². The van der Waals surface area contributed by atoms with Gasteiger partial charge in [-0.3, -0.25) is 0 Å². The van der Waals surface area contributed by atoms with Crippen LogP contribution in [0.1, 0.15) is 50.1 Å². The zero-order chi connectivity index (χ0) is 16.9. The Labute approximate surface area is 141 Å². The Hall–Kier alpha value is -1.82. The van der Waals surface area contributed by atoms with Crippen molar-refractivity contribution < 1.29 is 19.0 Å². The van der Waals surface area contributed by atoms with E-state index in [1.54, 1.807) is 6.07 Å². The SMILES string of the molecule is O=C(NC1CCC(CO)CC1)NC1CCCOc2cc(F)ccc21. The lowest BCUT2D eigenvalue weighted by atomic mass is 9.87. The fraction of sp³-hybridized carbons (Fsp3) is 0.611. The minimum atomic E-state index is -0.334.